The molecule has 0 fully saturated rings. The molecule has 0 amide bonds. The number of rotatable bonds is 5. The van der Waals surface area contributed by atoms with Gasteiger partial charge in [0, 0.05) is 6.54 Å². The number of hydrogen-bond donors (Lipinski definition) is 1. The highest BCUT2D eigenvalue weighted by Crippen LogP contribution is 2.29. The van der Waals surface area contributed by atoms with Gasteiger partial charge in [-0.15, -0.1) is 0 Å². The predicted octanol–water partition coefficient (Wildman–Crippen LogP) is 3.76. The van der Waals surface area contributed by atoms with Crippen molar-refractivity contribution in [2.75, 3.05) is 18.5 Å². The Bertz CT molecular complexity index is 493. The number of ether oxygens (including phenoxy) is 1. The molecule has 1 aromatic carbocycles. The van der Waals surface area contributed by atoms with Gasteiger partial charge in [-0.25, -0.2) is 4.98 Å². The Balaban J connectivity index is 2.18. The SMILES string of the molecule is CCOc1ccc2nc(NCC(C)C)sc2c1. The Morgan fingerprint density at radius 3 is 2.94 bits per heavy atom. The van der Waals surface area contributed by atoms with Crippen molar-refractivity contribution in [3.63, 3.8) is 0 Å². The molecule has 0 saturated heterocycles. The van der Waals surface area contributed by atoms with Crippen LogP contribution in [0.1, 0.15) is 20.8 Å². The van der Waals surface area contributed by atoms with E-state index < -0.39 is 0 Å². The lowest BCUT2D eigenvalue weighted by atomic mass is 10.2. The summed E-state index contributed by atoms with van der Waals surface area (Å²) in [6, 6.07) is 6.03. The molecular formula is C13H18N2OS. The average molecular weight is 250 g/mol. The van der Waals surface area contributed by atoms with Crippen LogP contribution in [0.4, 0.5) is 5.13 Å². The second-order valence-corrected chi connectivity index (χ2v) is 5.39. The number of aromatic nitrogens is 1. The van der Waals surface area contributed by atoms with Gasteiger partial charge < -0.3 is 10.1 Å². The van der Waals surface area contributed by atoms with E-state index in [-0.39, 0.29) is 0 Å². The van der Waals surface area contributed by atoms with Crippen molar-refractivity contribution in [3.05, 3.63) is 18.2 Å². The third kappa shape index (κ3) is 3.09. The van der Waals surface area contributed by atoms with E-state index in [1.165, 1.54) is 4.70 Å². The summed E-state index contributed by atoms with van der Waals surface area (Å²) in [4.78, 5) is 4.54. The van der Waals surface area contributed by atoms with E-state index in [0.29, 0.717) is 12.5 Å². The molecule has 4 heteroatoms. The normalized spacial score (nSPS) is 11.1. The predicted molar refractivity (Wildman–Crippen MR) is 74.1 cm³/mol. The molecule has 0 aliphatic rings. The number of nitrogens with one attached hydrogen (secondary N) is 1. The molecule has 2 rings (SSSR count). The molecule has 0 spiro atoms. The number of benzene rings is 1. The molecule has 0 bridgehead atoms. The van der Waals surface area contributed by atoms with Crippen LogP contribution in [0.3, 0.4) is 0 Å². The lowest BCUT2D eigenvalue weighted by molar-refractivity contribution is 0.341. The van der Waals surface area contributed by atoms with Crippen molar-refractivity contribution in [1.29, 1.82) is 0 Å². The minimum atomic E-state index is 0.626. The molecule has 0 atom stereocenters. The summed E-state index contributed by atoms with van der Waals surface area (Å²) < 4.78 is 6.65. The van der Waals surface area contributed by atoms with E-state index in [1.54, 1.807) is 11.3 Å². The van der Waals surface area contributed by atoms with Gasteiger partial charge in [0.1, 0.15) is 5.75 Å². The van der Waals surface area contributed by atoms with E-state index in [0.717, 1.165) is 22.9 Å². The fraction of sp³-hybridized carbons (Fsp3) is 0.462. The fourth-order valence-electron chi connectivity index (χ4n) is 1.53. The van der Waals surface area contributed by atoms with Crippen LogP contribution in [0.2, 0.25) is 0 Å². The quantitative estimate of drug-likeness (QED) is 0.877. The number of anilines is 1. The molecule has 2 aromatic rings. The maximum absolute atomic E-state index is 5.48. The van der Waals surface area contributed by atoms with Crippen molar-refractivity contribution >= 4 is 26.7 Å². The van der Waals surface area contributed by atoms with Crippen LogP contribution in [0.5, 0.6) is 5.75 Å². The van der Waals surface area contributed by atoms with Gasteiger partial charge in [0.2, 0.25) is 0 Å². The summed E-state index contributed by atoms with van der Waals surface area (Å²) in [5, 5.41) is 4.34. The second kappa shape index (κ2) is 5.36. The number of hydrogen-bond acceptors (Lipinski definition) is 4. The van der Waals surface area contributed by atoms with Crippen LogP contribution >= 0.6 is 11.3 Å². The van der Waals surface area contributed by atoms with E-state index in [9.17, 15) is 0 Å². The van der Waals surface area contributed by atoms with Crippen LogP contribution in [0, 0.1) is 5.92 Å². The molecule has 92 valence electrons. The van der Waals surface area contributed by atoms with Gasteiger partial charge in [0.15, 0.2) is 5.13 Å². The molecule has 0 aliphatic carbocycles. The number of nitrogens with zero attached hydrogens (tertiary/aromatic N) is 1. The van der Waals surface area contributed by atoms with Crippen LogP contribution < -0.4 is 10.1 Å². The highest BCUT2D eigenvalue weighted by Gasteiger charge is 2.05. The molecule has 3 nitrogen and oxygen atoms in total. The molecule has 0 saturated carbocycles. The summed E-state index contributed by atoms with van der Waals surface area (Å²) >= 11 is 1.68. The van der Waals surface area contributed by atoms with Crippen molar-refractivity contribution in [3.8, 4) is 5.75 Å². The van der Waals surface area contributed by atoms with Crippen molar-refractivity contribution in [2.24, 2.45) is 5.92 Å². The Labute approximate surface area is 106 Å². The second-order valence-electron chi connectivity index (χ2n) is 4.36. The zero-order chi connectivity index (χ0) is 12.3. The lowest BCUT2D eigenvalue weighted by Gasteiger charge is -2.03. The zero-order valence-corrected chi connectivity index (χ0v) is 11.3. The molecule has 1 heterocycles. The molecule has 0 unspecified atom stereocenters. The topological polar surface area (TPSA) is 34.1 Å². The summed E-state index contributed by atoms with van der Waals surface area (Å²) in [5.41, 5.74) is 1.03. The first-order valence-electron chi connectivity index (χ1n) is 5.96. The van der Waals surface area contributed by atoms with Crippen molar-refractivity contribution < 1.29 is 4.74 Å². The third-order valence-electron chi connectivity index (χ3n) is 2.33. The Hall–Kier alpha value is -1.29. The van der Waals surface area contributed by atoms with Crippen LogP contribution in [-0.4, -0.2) is 18.1 Å². The number of thiazole rings is 1. The monoisotopic (exact) mass is 250 g/mol. The van der Waals surface area contributed by atoms with Crippen LogP contribution in [-0.2, 0) is 0 Å². The molecule has 17 heavy (non-hydrogen) atoms. The van der Waals surface area contributed by atoms with Crippen molar-refractivity contribution in [1.82, 2.24) is 4.98 Å². The fourth-order valence-corrected chi connectivity index (χ4v) is 2.43. The van der Waals surface area contributed by atoms with Gasteiger partial charge in [-0.05, 0) is 31.0 Å². The first-order valence-corrected chi connectivity index (χ1v) is 6.78. The van der Waals surface area contributed by atoms with E-state index in [1.807, 2.05) is 19.1 Å². The maximum Gasteiger partial charge on any atom is 0.183 e. The van der Waals surface area contributed by atoms with Gasteiger partial charge in [-0.1, -0.05) is 25.2 Å². The summed E-state index contributed by atoms with van der Waals surface area (Å²) in [5.74, 6) is 1.54. The summed E-state index contributed by atoms with van der Waals surface area (Å²) in [6.07, 6.45) is 0. The molecule has 0 radical (unpaired) electrons. The van der Waals surface area contributed by atoms with E-state index in [2.05, 4.69) is 30.2 Å². The van der Waals surface area contributed by atoms with Crippen LogP contribution in [0.25, 0.3) is 10.2 Å². The third-order valence-corrected chi connectivity index (χ3v) is 3.31. The average Bonchev–Trinajstić information content (AvgIpc) is 2.69. The van der Waals surface area contributed by atoms with Gasteiger partial charge in [0.05, 0.1) is 16.8 Å². The smallest absolute Gasteiger partial charge is 0.183 e. The molecule has 1 aromatic heterocycles. The van der Waals surface area contributed by atoms with Gasteiger partial charge in [-0.3, -0.25) is 0 Å². The first kappa shape index (κ1) is 12.2. The van der Waals surface area contributed by atoms with E-state index >= 15 is 0 Å². The Morgan fingerprint density at radius 2 is 2.24 bits per heavy atom. The summed E-state index contributed by atoms with van der Waals surface area (Å²) in [6.45, 7) is 8.02. The maximum atomic E-state index is 5.48. The van der Waals surface area contributed by atoms with Crippen LogP contribution in [0.15, 0.2) is 18.2 Å². The minimum absolute atomic E-state index is 0.626. The molecular weight excluding hydrogens is 232 g/mol. The lowest BCUT2D eigenvalue weighted by Crippen LogP contribution is -2.07. The Morgan fingerprint density at radius 1 is 1.41 bits per heavy atom. The largest absolute Gasteiger partial charge is 0.494 e. The summed E-state index contributed by atoms with van der Waals surface area (Å²) in [7, 11) is 0. The Kier molecular flexibility index (Phi) is 3.84. The van der Waals surface area contributed by atoms with Gasteiger partial charge in [0.25, 0.3) is 0 Å². The zero-order valence-electron chi connectivity index (χ0n) is 10.5. The van der Waals surface area contributed by atoms with E-state index in [4.69, 9.17) is 4.74 Å². The first-order chi connectivity index (χ1) is 8.19. The van der Waals surface area contributed by atoms with Gasteiger partial charge in [-0.2, -0.15) is 0 Å². The standard InChI is InChI=1S/C13H18N2OS/c1-4-16-10-5-6-11-12(7-10)17-13(15-11)14-8-9(2)3/h5-7,9H,4,8H2,1-3H3,(H,14,15). The van der Waals surface area contributed by atoms with Crippen molar-refractivity contribution in [2.45, 2.75) is 20.8 Å². The molecule has 0 aliphatic heterocycles. The van der Waals surface area contributed by atoms with Gasteiger partial charge >= 0.3 is 0 Å². The molecule has 1 N–H and O–H groups in total. The highest BCUT2D eigenvalue weighted by molar-refractivity contribution is 7.22. The number of fused-ring (bicyclic) bond motifs is 1. The highest BCUT2D eigenvalue weighted by atomic mass is 32.1. The minimum Gasteiger partial charge on any atom is -0.494 e.